The van der Waals surface area contributed by atoms with Gasteiger partial charge in [0.1, 0.15) is 0 Å². The highest BCUT2D eigenvalue weighted by molar-refractivity contribution is 6.15. The fourth-order valence-corrected chi connectivity index (χ4v) is 12.3. The predicted molar refractivity (Wildman–Crippen MR) is 287 cm³/mol. The Bertz CT molecular complexity index is 3800. The highest BCUT2D eigenvalue weighted by atomic mass is 15.0. The van der Waals surface area contributed by atoms with Gasteiger partial charge in [0.15, 0.2) is 0 Å². The lowest BCUT2D eigenvalue weighted by atomic mass is 9.82. The first-order chi connectivity index (χ1) is 33.2. The molecule has 0 amide bonds. The Morgan fingerprint density at radius 1 is 0.250 bits per heavy atom. The summed E-state index contributed by atoms with van der Waals surface area (Å²) in [5.41, 5.74) is 25.1. The van der Waals surface area contributed by atoms with Crippen molar-refractivity contribution in [1.29, 1.82) is 0 Å². The molecule has 0 saturated carbocycles. The molecule has 0 bridgehead atoms. The molecule has 2 nitrogen and oxygen atoms in total. The number of rotatable bonds is 5. The fourth-order valence-electron chi connectivity index (χ4n) is 12.3. The van der Waals surface area contributed by atoms with Crippen molar-refractivity contribution in [1.82, 2.24) is 9.13 Å². The van der Waals surface area contributed by atoms with Crippen LogP contribution in [0.4, 0.5) is 0 Å². The number of nitrogens with zero attached hydrogens (tertiary/aromatic N) is 2. The average Bonchev–Trinajstić information content (AvgIpc) is 4.03. The summed E-state index contributed by atoms with van der Waals surface area (Å²) >= 11 is 0. The molecule has 0 fully saturated rings. The molecule has 2 aliphatic carbocycles. The molecular formula is C66H48N2. The number of hydrogen-bond acceptors (Lipinski definition) is 0. The Hall–Kier alpha value is -8.20. The Morgan fingerprint density at radius 2 is 0.618 bits per heavy atom. The van der Waals surface area contributed by atoms with Gasteiger partial charge in [0.25, 0.3) is 0 Å². The molecule has 2 heteroatoms. The van der Waals surface area contributed by atoms with E-state index < -0.39 is 0 Å². The molecule has 14 rings (SSSR count). The van der Waals surface area contributed by atoms with E-state index in [0.717, 1.165) is 11.4 Å². The van der Waals surface area contributed by atoms with Crippen LogP contribution in [-0.4, -0.2) is 9.13 Å². The first-order valence-corrected chi connectivity index (χ1v) is 24.0. The molecule has 0 saturated heterocycles. The fraction of sp³-hybridized carbons (Fsp3) is 0.0909. The minimum atomic E-state index is -0.117. The van der Waals surface area contributed by atoms with Crippen LogP contribution in [0.2, 0.25) is 0 Å². The number of fused-ring (bicyclic) bond motifs is 12. The van der Waals surface area contributed by atoms with Crippen LogP contribution >= 0.6 is 0 Å². The summed E-state index contributed by atoms with van der Waals surface area (Å²) in [6, 6.07) is 81.8. The molecule has 0 N–H and O–H groups in total. The normalized spacial score (nSPS) is 14.1. The maximum atomic E-state index is 2.50. The molecule has 2 heterocycles. The summed E-state index contributed by atoms with van der Waals surface area (Å²) in [5, 5.41) is 5.05. The van der Waals surface area contributed by atoms with Crippen molar-refractivity contribution < 1.29 is 0 Å². The van der Waals surface area contributed by atoms with Crippen molar-refractivity contribution in [2.75, 3.05) is 0 Å². The van der Waals surface area contributed by atoms with Crippen LogP contribution in [0.25, 0.3) is 111 Å². The third-order valence-electron chi connectivity index (χ3n) is 15.7. The summed E-state index contributed by atoms with van der Waals surface area (Å²) in [7, 11) is 0. The zero-order chi connectivity index (χ0) is 45.5. The van der Waals surface area contributed by atoms with E-state index in [1.54, 1.807) is 0 Å². The second kappa shape index (κ2) is 14.2. The first-order valence-electron chi connectivity index (χ1n) is 24.0. The molecule has 0 unspecified atom stereocenters. The van der Waals surface area contributed by atoms with E-state index >= 15 is 0 Å². The topological polar surface area (TPSA) is 9.86 Å². The molecule has 0 aliphatic heterocycles. The highest BCUT2D eigenvalue weighted by Gasteiger charge is 2.37. The van der Waals surface area contributed by atoms with Crippen molar-refractivity contribution in [3.63, 3.8) is 0 Å². The van der Waals surface area contributed by atoms with E-state index in [2.05, 4.69) is 255 Å². The van der Waals surface area contributed by atoms with Gasteiger partial charge in [-0.25, -0.2) is 0 Å². The van der Waals surface area contributed by atoms with Crippen LogP contribution < -0.4 is 0 Å². The van der Waals surface area contributed by atoms with Gasteiger partial charge in [0.05, 0.1) is 22.1 Å². The van der Waals surface area contributed by atoms with Gasteiger partial charge in [-0.15, -0.1) is 0 Å². The van der Waals surface area contributed by atoms with Crippen LogP contribution in [0.5, 0.6) is 0 Å². The first kappa shape index (κ1) is 39.0. The van der Waals surface area contributed by atoms with Crippen molar-refractivity contribution in [2.45, 2.75) is 38.5 Å². The Kier molecular flexibility index (Phi) is 8.12. The maximum absolute atomic E-state index is 2.50. The SMILES string of the molecule is CC1(C)c2ccccc2-c2cc3c4cc(-c5ccc6c(c5)c5cc7c(cc5n6-c5cccc(-c6ccccc6)c5)C(C)(C)c5ccccc5-7)ccc4n(-c4cccc(-c5ccccc5)c4)c3cc21. The molecule has 2 aliphatic rings. The molecule has 0 radical (unpaired) electrons. The van der Waals surface area contributed by atoms with Crippen molar-refractivity contribution in [3.05, 3.63) is 241 Å². The van der Waals surface area contributed by atoms with Gasteiger partial charge in [-0.1, -0.05) is 173 Å². The van der Waals surface area contributed by atoms with Crippen molar-refractivity contribution in [2.24, 2.45) is 0 Å². The van der Waals surface area contributed by atoms with Crippen LogP contribution in [-0.2, 0) is 10.8 Å². The Balaban J connectivity index is 1.00. The number of aromatic nitrogens is 2. The lowest BCUT2D eigenvalue weighted by Gasteiger charge is -2.21. The van der Waals surface area contributed by atoms with Crippen LogP contribution in [0.15, 0.2) is 218 Å². The maximum Gasteiger partial charge on any atom is 0.0544 e. The summed E-state index contributed by atoms with van der Waals surface area (Å²) in [6.07, 6.45) is 0. The van der Waals surface area contributed by atoms with E-state index in [0.29, 0.717) is 0 Å². The van der Waals surface area contributed by atoms with Gasteiger partial charge in [-0.3, -0.25) is 0 Å². The summed E-state index contributed by atoms with van der Waals surface area (Å²) in [5.74, 6) is 0. The van der Waals surface area contributed by atoms with Crippen LogP contribution in [0, 0.1) is 0 Å². The van der Waals surface area contributed by atoms with Crippen LogP contribution in [0.1, 0.15) is 49.9 Å². The average molecular weight is 869 g/mol. The molecular weight excluding hydrogens is 821 g/mol. The number of benzene rings is 10. The monoisotopic (exact) mass is 868 g/mol. The van der Waals surface area contributed by atoms with Gasteiger partial charge in [-0.05, 0) is 151 Å². The predicted octanol–water partition coefficient (Wildman–Crippen LogP) is 17.5. The summed E-state index contributed by atoms with van der Waals surface area (Å²) in [6.45, 7) is 9.52. The smallest absolute Gasteiger partial charge is 0.0544 e. The summed E-state index contributed by atoms with van der Waals surface area (Å²) in [4.78, 5) is 0. The van der Waals surface area contributed by atoms with Gasteiger partial charge in [0, 0.05) is 43.7 Å². The quantitative estimate of drug-likeness (QED) is 0.163. The van der Waals surface area contributed by atoms with Gasteiger partial charge >= 0.3 is 0 Å². The third kappa shape index (κ3) is 5.52. The van der Waals surface area contributed by atoms with Gasteiger partial charge < -0.3 is 9.13 Å². The minimum absolute atomic E-state index is 0.117. The van der Waals surface area contributed by atoms with E-state index in [9.17, 15) is 0 Å². The molecule has 0 atom stereocenters. The molecule has 10 aromatic carbocycles. The Labute approximate surface area is 397 Å². The molecule has 2 aromatic heterocycles. The lowest BCUT2D eigenvalue weighted by Crippen LogP contribution is -2.14. The standard InChI is InChI=1S/C66H48N2/c1-65(2)57-27-13-11-25-49(57)51-37-55-53-35-45(29-31-61(53)67(63(55)39-59(51)65)47-23-15-21-43(33-47)41-17-7-5-8-18-41)46-30-32-62-54(36-46)56-38-52-50-26-12-14-28-58(50)66(3,4)60(52)40-64(56)68(62)48-24-16-22-44(34-48)42-19-9-6-10-20-42/h5-40H,1-4H3. The minimum Gasteiger partial charge on any atom is -0.309 e. The third-order valence-corrected chi connectivity index (χ3v) is 15.7. The summed E-state index contributed by atoms with van der Waals surface area (Å²) < 4.78 is 5.00. The lowest BCUT2D eigenvalue weighted by molar-refractivity contribution is 0.661. The second-order valence-corrected chi connectivity index (χ2v) is 20.1. The van der Waals surface area contributed by atoms with Crippen molar-refractivity contribution in [3.8, 4) is 67.0 Å². The van der Waals surface area contributed by atoms with E-state index in [1.165, 1.54) is 122 Å². The van der Waals surface area contributed by atoms with Crippen molar-refractivity contribution >= 4 is 43.6 Å². The Morgan fingerprint density at radius 3 is 1.06 bits per heavy atom. The molecule has 68 heavy (non-hydrogen) atoms. The van der Waals surface area contributed by atoms with E-state index in [-0.39, 0.29) is 10.8 Å². The van der Waals surface area contributed by atoms with E-state index in [4.69, 9.17) is 0 Å². The van der Waals surface area contributed by atoms with Crippen LogP contribution in [0.3, 0.4) is 0 Å². The zero-order valence-electron chi connectivity index (χ0n) is 38.7. The zero-order valence-corrected chi connectivity index (χ0v) is 38.7. The second-order valence-electron chi connectivity index (χ2n) is 20.1. The van der Waals surface area contributed by atoms with Gasteiger partial charge in [0.2, 0.25) is 0 Å². The largest absolute Gasteiger partial charge is 0.309 e. The molecule has 322 valence electrons. The van der Waals surface area contributed by atoms with E-state index in [1.807, 2.05) is 0 Å². The number of hydrogen-bond donors (Lipinski definition) is 0. The molecule has 0 spiro atoms. The molecule has 12 aromatic rings. The van der Waals surface area contributed by atoms with Gasteiger partial charge in [-0.2, -0.15) is 0 Å². The highest BCUT2D eigenvalue weighted by Crippen LogP contribution is 2.53.